The minimum atomic E-state index is -0.186. The highest BCUT2D eigenvalue weighted by atomic mass is 32.2. The molecule has 0 saturated carbocycles. The zero-order valence-electron chi connectivity index (χ0n) is 11.1. The summed E-state index contributed by atoms with van der Waals surface area (Å²) in [6.07, 6.45) is 4.95. The van der Waals surface area contributed by atoms with Crippen LogP contribution in [0.3, 0.4) is 0 Å². The number of benzene rings is 1. The van der Waals surface area contributed by atoms with Crippen LogP contribution in [0.4, 0.5) is 16.6 Å². The van der Waals surface area contributed by atoms with Gasteiger partial charge in [-0.2, -0.15) is 0 Å². The first-order chi connectivity index (χ1) is 10.8. The van der Waals surface area contributed by atoms with E-state index in [2.05, 4.69) is 25.6 Å². The molecule has 0 aliphatic carbocycles. The molecule has 0 saturated heterocycles. The van der Waals surface area contributed by atoms with E-state index in [0.717, 1.165) is 15.6 Å². The van der Waals surface area contributed by atoms with Crippen molar-refractivity contribution in [3.63, 3.8) is 0 Å². The van der Waals surface area contributed by atoms with Crippen LogP contribution in [0.25, 0.3) is 0 Å². The lowest BCUT2D eigenvalue weighted by atomic mass is 10.2. The number of aromatic nitrogens is 3. The third-order valence-electron chi connectivity index (χ3n) is 3.02. The molecule has 1 aliphatic heterocycles. The van der Waals surface area contributed by atoms with Crippen LogP contribution in [-0.2, 0) is 0 Å². The highest BCUT2D eigenvalue weighted by Crippen LogP contribution is 2.42. The van der Waals surface area contributed by atoms with E-state index in [-0.39, 0.29) is 5.91 Å². The molecule has 108 valence electrons. The number of anilines is 3. The Hall–Kier alpha value is -2.45. The zero-order chi connectivity index (χ0) is 14.9. The van der Waals surface area contributed by atoms with Gasteiger partial charge in [-0.3, -0.25) is 10.1 Å². The Morgan fingerprint density at radius 3 is 2.91 bits per heavy atom. The SMILES string of the molecule is O=C(Nc1nccs1)c1ccc2c(c1)Nc1nccnc1S2. The molecule has 1 amide bonds. The number of amides is 1. The standard InChI is InChI=1S/C14H9N5OS2/c20-12(19-14-17-5-6-21-14)8-1-2-10-9(7-8)18-11-13(22-10)16-4-3-15-11/h1-7H,(H,15,18)(H,17,19,20). The fourth-order valence-electron chi connectivity index (χ4n) is 2.03. The number of nitrogens with one attached hydrogen (secondary N) is 2. The number of fused-ring (bicyclic) bond motifs is 2. The van der Waals surface area contributed by atoms with Crippen molar-refractivity contribution >= 4 is 45.6 Å². The van der Waals surface area contributed by atoms with Crippen LogP contribution < -0.4 is 10.6 Å². The summed E-state index contributed by atoms with van der Waals surface area (Å²) in [5, 5.41) is 9.21. The number of rotatable bonds is 2. The zero-order valence-corrected chi connectivity index (χ0v) is 12.7. The van der Waals surface area contributed by atoms with Gasteiger partial charge in [-0.15, -0.1) is 11.3 Å². The molecule has 3 heterocycles. The van der Waals surface area contributed by atoms with Gasteiger partial charge in [0.1, 0.15) is 5.03 Å². The summed E-state index contributed by atoms with van der Waals surface area (Å²) in [7, 11) is 0. The summed E-state index contributed by atoms with van der Waals surface area (Å²) >= 11 is 2.91. The summed E-state index contributed by atoms with van der Waals surface area (Å²) < 4.78 is 0. The van der Waals surface area contributed by atoms with Gasteiger partial charge in [0, 0.05) is 34.4 Å². The number of carbonyl (C=O) groups excluding carboxylic acids is 1. The van der Waals surface area contributed by atoms with Crippen LogP contribution in [0, 0.1) is 0 Å². The van der Waals surface area contributed by atoms with Crippen molar-refractivity contribution in [1.82, 2.24) is 15.0 Å². The molecule has 0 fully saturated rings. The summed E-state index contributed by atoms with van der Waals surface area (Å²) in [4.78, 5) is 25.8. The van der Waals surface area contributed by atoms with E-state index in [1.165, 1.54) is 23.1 Å². The monoisotopic (exact) mass is 327 g/mol. The Labute approximate surface area is 134 Å². The molecule has 2 N–H and O–H groups in total. The molecular weight excluding hydrogens is 318 g/mol. The summed E-state index contributed by atoms with van der Waals surface area (Å²) in [5.41, 5.74) is 1.42. The summed E-state index contributed by atoms with van der Waals surface area (Å²) in [6.45, 7) is 0. The van der Waals surface area contributed by atoms with E-state index in [1.54, 1.807) is 24.7 Å². The average Bonchev–Trinajstić information content (AvgIpc) is 3.05. The van der Waals surface area contributed by atoms with Crippen LogP contribution in [0.15, 0.2) is 52.1 Å². The molecule has 3 aromatic rings. The molecule has 2 aromatic heterocycles. The predicted molar refractivity (Wildman–Crippen MR) is 85.9 cm³/mol. The molecule has 1 aliphatic rings. The second-order valence-electron chi connectivity index (χ2n) is 4.44. The maximum absolute atomic E-state index is 12.2. The Morgan fingerprint density at radius 2 is 2.05 bits per heavy atom. The van der Waals surface area contributed by atoms with Gasteiger partial charge in [0.15, 0.2) is 10.9 Å². The van der Waals surface area contributed by atoms with Gasteiger partial charge in [-0.05, 0) is 18.2 Å². The molecule has 1 aromatic carbocycles. The van der Waals surface area contributed by atoms with Crippen LogP contribution >= 0.6 is 23.1 Å². The first-order valence-electron chi connectivity index (χ1n) is 6.40. The maximum Gasteiger partial charge on any atom is 0.257 e. The van der Waals surface area contributed by atoms with E-state index in [9.17, 15) is 4.79 Å². The Bertz CT molecular complexity index is 850. The van der Waals surface area contributed by atoms with Crippen molar-refractivity contribution in [3.8, 4) is 0 Å². The number of hydrogen-bond acceptors (Lipinski definition) is 7. The minimum Gasteiger partial charge on any atom is -0.337 e. The van der Waals surface area contributed by atoms with Gasteiger partial charge < -0.3 is 5.32 Å². The lowest BCUT2D eigenvalue weighted by Crippen LogP contribution is -2.12. The first-order valence-corrected chi connectivity index (χ1v) is 8.10. The first kappa shape index (κ1) is 13.2. The van der Waals surface area contributed by atoms with Crippen LogP contribution in [-0.4, -0.2) is 20.9 Å². The van der Waals surface area contributed by atoms with Crippen LogP contribution in [0.2, 0.25) is 0 Å². The van der Waals surface area contributed by atoms with Crippen LogP contribution in [0.1, 0.15) is 10.4 Å². The summed E-state index contributed by atoms with van der Waals surface area (Å²) in [6, 6.07) is 5.50. The van der Waals surface area contributed by atoms with Gasteiger partial charge in [-0.25, -0.2) is 15.0 Å². The number of nitrogens with zero attached hydrogens (tertiary/aromatic N) is 3. The molecule has 22 heavy (non-hydrogen) atoms. The number of carbonyl (C=O) groups is 1. The van der Waals surface area contributed by atoms with E-state index >= 15 is 0 Å². The van der Waals surface area contributed by atoms with Crippen LogP contribution in [0.5, 0.6) is 0 Å². The third-order valence-corrected chi connectivity index (χ3v) is 4.78. The Kier molecular flexibility index (Phi) is 3.24. The molecule has 0 bridgehead atoms. The molecule has 8 heteroatoms. The largest absolute Gasteiger partial charge is 0.337 e. The van der Waals surface area contributed by atoms with E-state index in [4.69, 9.17) is 0 Å². The van der Waals surface area contributed by atoms with Crippen molar-refractivity contribution in [2.24, 2.45) is 0 Å². The number of hydrogen-bond donors (Lipinski definition) is 2. The Balaban J connectivity index is 1.61. The fourth-order valence-corrected chi connectivity index (χ4v) is 3.43. The van der Waals surface area contributed by atoms with E-state index in [1.807, 2.05) is 17.5 Å². The molecule has 0 spiro atoms. The van der Waals surface area contributed by atoms with E-state index in [0.29, 0.717) is 16.5 Å². The smallest absolute Gasteiger partial charge is 0.257 e. The highest BCUT2D eigenvalue weighted by Gasteiger charge is 2.19. The van der Waals surface area contributed by atoms with Gasteiger partial charge in [0.2, 0.25) is 0 Å². The van der Waals surface area contributed by atoms with E-state index < -0.39 is 0 Å². The van der Waals surface area contributed by atoms with Crippen molar-refractivity contribution in [2.45, 2.75) is 9.92 Å². The normalized spacial score (nSPS) is 12.0. The summed E-state index contributed by atoms with van der Waals surface area (Å²) in [5.74, 6) is 0.520. The lowest BCUT2D eigenvalue weighted by molar-refractivity contribution is 0.102. The van der Waals surface area contributed by atoms with Crippen molar-refractivity contribution in [3.05, 3.63) is 47.7 Å². The minimum absolute atomic E-state index is 0.186. The molecule has 0 radical (unpaired) electrons. The van der Waals surface area contributed by atoms with Crippen molar-refractivity contribution in [1.29, 1.82) is 0 Å². The molecular formula is C14H9N5OS2. The molecule has 0 atom stereocenters. The van der Waals surface area contributed by atoms with Gasteiger partial charge in [0.05, 0.1) is 5.69 Å². The lowest BCUT2D eigenvalue weighted by Gasteiger charge is -2.19. The Morgan fingerprint density at radius 1 is 1.14 bits per heavy atom. The fraction of sp³-hybridized carbons (Fsp3) is 0. The molecule has 4 rings (SSSR count). The predicted octanol–water partition coefficient (Wildman–Crippen LogP) is 3.39. The quantitative estimate of drug-likeness (QED) is 0.587. The second kappa shape index (κ2) is 5.39. The maximum atomic E-state index is 12.2. The van der Waals surface area contributed by atoms with Crippen molar-refractivity contribution < 1.29 is 4.79 Å². The third kappa shape index (κ3) is 2.42. The van der Waals surface area contributed by atoms with Crippen molar-refractivity contribution in [2.75, 3.05) is 10.6 Å². The molecule has 0 unspecified atom stereocenters. The van der Waals surface area contributed by atoms with Gasteiger partial charge >= 0.3 is 0 Å². The van der Waals surface area contributed by atoms with Gasteiger partial charge in [0.25, 0.3) is 5.91 Å². The second-order valence-corrected chi connectivity index (χ2v) is 6.36. The average molecular weight is 327 g/mol. The highest BCUT2D eigenvalue weighted by molar-refractivity contribution is 7.99. The topological polar surface area (TPSA) is 79.8 Å². The number of thiazole rings is 1. The molecule has 6 nitrogen and oxygen atoms in total. The van der Waals surface area contributed by atoms with Gasteiger partial charge in [-0.1, -0.05) is 11.8 Å².